The Morgan fingerprint density at radius 1 is 1.05 bits per heavy atom. The van der Waals surface area contributed by atoms with E-state index >= 15 is 0 Å². The number of fused-ring (bicyclic) bond motifs is 2. The van der Waals surface area contributed by atoms with Gasteiger partial charge in [-0.15, -0.1) is 0 Å². The minimum atomic E-state index is 0.0833. The summed E-state index contributed by atoms with van der Waals surface area (Å²) in [5.41, 5.74) is 2.00. The SMILES string of the molecule is CCCCn1c2ccccc2c(=O)c2ccc(Cl)cc21. The number of aryl methyl sites for hydroxylation is 1. The molecule has 0 bridgehead atoms. The van der Waals surface area contributed by atoms with Crippen LogP contribution in [0.4, 0.5) is 0 Å². The molecule has 0 unspecified atom stereocenters. The summed E-state index contributed by atoms with van der Waals surface area (Å²) in [6.07, 6.45) is 2.19. The summed E-state index contributed by atoms with van der Waals surface area (Å²) in [4.78, 5) is 12.6. The third-order valence-corrected chi connectivity index (χ3v) is 3.91. The average Bonchev–Trinajstić information content (AvgIpc) is 2.47. The van der Waals surface area contributed by atoms with Crippen LogP contribution in [0.2, 0.25) is 5.02 Å². The van der Waals surface area contributed by atoms with Crippen molar-refractivity contribution in [2.75, 3.05) is 0 Å². The smallest absolute Gasteiger partial charge is 0.197 e. The molecule has 0 saturated carbocycles. The number of halogens is 1. The second kappa shape index (κ2) is 5.29. The van der Waals surface area contributed by atoms with Gasteiger partial charge in [-0.1, -0.05) is 37.1 Å². The Labute approximate surface area is 122 Å². The Kier molecular flexibility index (Phi) is 3.49. The topological polar surface area (TPSA) is 22.0 Å². The van der Waals surface area contributed by atoms with Crippen LogP contribution in [0, 0.1) is 0 Å². The molecule has 0 spiro atoms. The molecule has 0 radical (unpaired) electrons. The lowest BCUT2D eigenvalue weighted by Crippen LogP contribution is -2.11. The highest BCUT2D eigenvalue weighted by molar-refractivity contribution is 6.31. The summed E-state index contributed by atoms with van der Waals surface area (Å²) in [5, 5.41) is 2.18. The summed E-state index contributed by atoms with van der Waals surface area (Å²) in [7, 11) is 0. The molecule has 1 heterocycles. The molecule has 3 aromatic rings. The van der Waals surface area contributed by atoms with Crippen molar-refractivity contribution in [1.29, 1.82) is 0 Å². The number of para-hydroxylation sites is 1. The Bertz CT molecular complexity index is 835. The van der Waals surface area contributed by atoms with E-state index < -0.39 is 0 Å². The summed E-state index contributed by atoms with van der Waals surface area (Å²) in [6.45, 7) is 3.06. The number of pyridine rings is 1. The highest BCUT2D eigenvalue weighted by atomic mass is 35.5. The van der Waals surface area contributed by atoms with Crippen LogP contribution in [0.3, 0.4) is 0 Å². The van der Waals surface area contributed by atoms with Gasteiger partial charge < -0.3 is 4.57 Å². The van der Waals surface area contributed by atoms with E-state index in [4.69, 9.17) is 11.6 Å². The molecule has 3 rings (SSSR count). The molecule has 0 saturated heterocycles. The van der Waals surface area contributed by atoms with Gasteiger partial charge in [0.25, 0.3) is 0 Å². The summed E-state index contributed by atoms with van der Waals surface area (Å²) in [5.74, 6) is 0. The van der Waals surface area contributed by atoms with Crippen molar-refractivity contribution in [1.82, 2.24) is 4.57 Å². The molecule has 0 aliphatic carbocycles. The zero-order valence-corrected chi connectivity index (χ0v) is 12.2. The number of benzene rings is 2. The first-order chi connectivity index (χ1) is 9.72. The molecule has 1 aromatic heterocycles. The predicted octanol–water partition coefficient (Wildman–Crippen LogP) is 4.61. The van der Waals surface area contributed by atoms with Crippen LogP contribution in [0.1, 0.15) is 19.8 Å². The van der Waals surface area contributed by atoms with E-state index in [-0.39, 0.29) is 5.43 Å². The first kappa shape index (κ1) is 13.2. The van der Waals surface area contributed by atoms with E-state index in [0.29, 0.717) is 5.02 Å². The third kappa shape index (κ3) is 2.10. The fourth-order valence-corrected chi connectivity index (χ4v) is 2.82. The van der Waals surface area contributed by atoms with Crippen molar-refractivity contribution in [3.8, 4) is 0 Å². The van der Waals surface area contributed by atoms with E-state index in [1.54, 1.807) is 6.07 Å². The van der Waals surface area contributed by atoms with Gasteiger partial charge in [-0.05, 0) is 36.8 Å². The van der Waals surface area contributed by atoms with Crippen molar-refractivity contribution in [3.05, 3.63) is 57.7 Å². The van der Waals surface area contributed by atoms with Crippen molar-refractivity contribution >= 4 is 33.4 Å². The van der Waals surface area contributed by atoms with Gasteiger partial charge >= 0.3 is 0 Å². The molecule has 102 valence electrons. The molecule has 2 nitrogen and oxygen atoms in total. The number of aromatic nitrogens is 1. The van der Waals surface area contributed by atoms with Gasteiger partial charge in [0.15, 0.2) is 5.43 Å². The highest BCUT2D eigenvalue weighted by Gasteiger charge is 2.10. The third-order valence-electron chi connectivity index (χ3n) is 3.67. The standard InChI is InChI=1S/C17H16ClNO/c1-2-3-10-19-15-7-5-4-6-13(15)17(20)14-9-8-12(18)11-16(14)19/h4-9,11H,2-3,10H2,1H3. The minimum Gasteiger partial charge on any atom is -0.340 e. The molecular formula is C17H16ClNO. The van der Waals surface area contributed by atoms with Crippen molar-refractivity contribution in [2.45, 2.75) is 26.3 Å². The van der Waals surface area contributed by atoms with Crippen LogP contribution >= 0.6 is 11.6 Å². The predicted molar refractivity (Wildman–Crippen MR) is 85.6 cm³/mol. The van der Waals surface area contributed by atoms with E-state index in [1.807, 2.05) is 36.4 Å². The van der Waals surface area contributed by atoms with Crippen molar-refractivity contribution in [2.24, 2.45) is 0 Å². The minimum absolute atomic E-state index is 0.0833. The lowest BCUT2D eigenvalue weighted by Gasteiger charge is -2.15. The Morgan fingerprint density at radius 2 is 1.80 bits per heavy atom. The molecular weight excluding hydrogens is 270 g/mol. The quantitative estimate of drug-likeness (QED) is 0.644. The maximum atomic E-state index is 12.6. The normalized spacial score (nSPS) is 11.3. The van der Waals surface area contributed by atoms with E-state index in [0.717, 1.165) is 41.2 Å². The number of nitrogens with zero attached hydrogens (tertiary/aromatic N) is 1. The lowest BCUT2D eigenvalue weighted by atomic mass is 10.1. The molecule has 0 N–H and O–H groups in total. The lowest BCUT2D eigenvalue weighted by molar-refractivity contribution is 0.662. The van der Waals surface area contributed by atoms with Crippen LogP contribution < -0.4 is 5.43 Å². The van der Waals surface area contributed by atoms with Crippen LogP contribution in [0.15, 0.2) is 47.3 Å². The summed E-state index contributed by atoms with van der Waals surface area (Å²) >= 11 is 6.11. The van der Waals surface area contributed by atoms with Gasteiger partial charge in [0.2, 0.25) is 0 Å². The van der Waals surface area contributed by atoms with E-state index in [9.17, 15) is 4.79 Å². The number of rotatable bonds is 3. The van der Waals surface area contributed by atoms with Crippen molar-refractivity contribution in [3.63, 3.8) is 0 Å². The molecule has 0 fully saturated rings. The fraction of sp³-hybridized carbons (Fsp3) is 0.235. The number of hydrogen-bond donors (Lipinski definition) is 0. The van der Waals surface area contributed by atoms with Gasteiger partial charge in [-0.2, -0.15) is 0 Å². The zero-order valence-electron chi connectivity index (χ0n) is 11.4. The Morgan fingerprint density at radius 3 is 2.60 bits per heavy atom. The van der Waals surface area contributed by atoms with Crippen LogP contribution in [-0.2, 0) is 6.54 Å². The molecule has 0 aliphatic rings. The molecule has 0 aliphatic heterocycles. The van der Waals surface area contributed by atoms with E-state index in [1.165, 1.54) is 0 Å². The number of unbranched alkanes of at least 4 members (excludes halogenated alkanes) is 1. The van der Waals surface area contributed by atoms with Crippen LogP contribution in [-0.4, -0.2) is 4.57 Å². The maximum Gasteiger partial charge on any atom is 0.197 e. The second-order valence-corrected chi connectivity index (χ2v) is 5.45. The largest absolute Gasteiger partial charge is 0.340 e. The maximum absolute atomic E-state index is 12.6. The average molecular weight is 286 g/mol. The monoisotopic (exact) mass is 285 g/mol. The first-order valence-electron chi connectivity index (χ1n) is 6.93. The zero-order chi connectivity index (χ0) is 14.1. The summed E-state index contributed by atoms with van der Waals surface area (Å²) < 4.78 is 2.21. The fourth-order valence-electron chi connectivity index (χ4n) is 2.65. The van der Waals surface area contributed by atoms with Crippen LogP contribution in [0.25, 0.3) is 21.8 Å². The van der Waals surface area contributed by atoms with Gasteiger partial charge in [-0.25, -0.2) is 0 Å². The van der Waals surface area contributed by atoms with E-state index in [2.05, 4.69) is 11.5 Å². The number of hydrogen-bond acceptors (Lipinski definition) is 1. The summed E-state index contributed by atoms with van der Waals surface area (Å²) in [6, 6.07) is 13.3. The molecule has 0 atom stereocenters. The second-order valence-electron chi connectivity index (χ2n) is 5.01. The highest BCUT2D eigenvalue weighted by Crippen LogP contribution is 2.22. The molecule has 2 aromatic carbocycles. The van der Waals surface area contributed by atoms with Gasteiger partial charge in [0, 0.05) is 22.3 Å². The Balaban J connectivity index is 2.47. The van der Waals surface area contributed by atoms with Crippen LogP contribution in [0.5, 0.6) is 0 Å². The first-order valence-corrected chi connectivity index (χ1v) is 7.31. The van der Waals surface area contributed by atoms with Gasteiger partial charge in [-0.3, -0.25) is 4.79 Å². The van der Waals surface area contributed by atoms with Gasteiger partial charge in [0.05, 0.1) is 11.0 Å². The Hall–Kier alpha value is -1.80. The van der Waals surface area contributed by atoms with Gasteiger partial charge in [0.1, 0.15) is 0 Å². The molecule has 0 amide bonds. The molecule has 3 heteroatoms. The van der Waals surface area contributed by atoms with Crippen molar-refractivity contribution < 1.29 is 0 Å². The molecule has 20 heavy (non-hydrogen) atoms.